The van der Waals surface area contributed by atoms with E-state index in [4.69, 9.17) is 23.2 Å². The van der Waals surface area contributed by atoms with Gasteiger partial charge in [-0.1, -0.05) is 40.5 Å². The fraction of sp³-hybridized carbons (Fsp3) is 0.143. The minimum atomic E-state index is -1.67. The summed E-state index contributed by atoms with van der Waals surface area (Å²) >= 11 is 12.6. The predicted molar refractivity (Wildman–Crippen MR) is 149 cm³/mol. The van der Waals surface area contributed by atoms with E-state index in [-0.39, 0.29) is 21.7 Å². The zero-order valence-corrected chi connectivity index (χ0v) is 22.0. The molecule has 1 aliphatic rings. The molecule has 3 heterocycles. The number of nitriles is 2. The van der Waals surface area contributed by atoms with Crippen molar-refractivity contribution in [2.24, 2.45) is 0 Å². The minimum Gasteiger partial charge on any atom is -0.373 e. The zero-order chi connectivity index (χ0) is 28.7. The maximum atomic E-state index is 13.7. The number of anilines is 3. The highest BCUT2D eigenvalue weighted by atomic mass is 35.5. The van der Waals surface area contributed by atoms with Crippen LogP contribution in [0, 0.1) is 28.6 Å². The van der Waals surface area contributed by atoms with E-state index in [1.54, 1.807) is 47.3 Å². The topological polar surface area (TPSA) is 128 Å². The molecule has 1 fully saturated rings. The van der Waals surface area contributed by atoms with Crippen molar-refractivity contribution in [2.75, 3.05) is 10.6 Å². The molecular weight excluding hydrogens is 552 g/mol. The molecule has 0 unspecified atom stereocenters. The van der Waals surface area contributed by atoms with Crippen LogP contribution >= 0.6 is 23.2 Å². The van der Waals surface area contributed by atoms with E-state index in [1.165, 1.54) is 18.5 Å². The lowest BCUT2D eigenvalue weighted by atomic mass is 10.0. The molecule has 0 radical (unpaired) electrons. The molecule has 1 aliphatic carbocycles. The van der Waals surface area contributed by atoms with Crippen LogP contribution in [0.5, 0.6) is 0 Å². The van der Waals surface area contributed by atoms with Crippen LogP contribution in [0.1, 0.15) is 48.7 Å². The van der Waals surface area contributed by atoms with Crippen LogP contribution in [0.2, 0.25) is 10.0 Å². The van der Waals surface area contributed by atoms with Crippen LogP contribution in [0.4, 0.5) is 21.5 Å². The van der Waals surface area contributed by atoms with Gasteiger partial charge in [0.05, 0.1) is 70.0 Å². The Morgan fingerprint density at radius 1 is 1.05 bits per heavy atom. The summed E-state index contributed by atoms with van der Waals surface area (Å²) in [7, 11) is 0. The van der Waals surface area contributed by atoms with Gasteiger partial charge in [-0.15, -0.1) is 5.10 Å². The zero-order valence-electron chi connectivity index (χ0n) is 21.5. The van der Waals surface area contributed by atoms with E-state index in [2.05, 4.69) is 43.1 Å². The first kappa shape index (κ1) is 24.3. The maximum Gasteiger partial charge on any atom is 0.231 e. The number of benzene rings is 2. The first-order valence-electron chi connectivity index (χ1n) is 12.6. The summed E-state index contributed by atoms with van der Waals surface area (Å²) in [6.07, 6.45) is 6.33. The molecule has 1 atom stereocenters. The van der Waals surface area contributed by atoms with Gasteiger partial charge in [0.2, 0.25) is 5.95 Å². The Morgan fingerprint density at radius 3 is 2.62 bits per heavy atom. The van der Waals surface area contributed by atoms with Gasteiger partial charge < -0.3 is 10.6 Å². The molecule has 2 N–H and O–H groups in total. The second-order valence-electron chi connectivity index (χ2n) is 9.14. The molecule has 9 nitrogen and oxygen atoms in total. The van der Waals surface area contributed by atoms with Crippen molar-refractivity contribution in [3.8, 4) is 12.1 Å². The smallest absolute Gasteiger partial charge is 0.231 e. The Morgan fingerprint density at radius 2 is 1.88 bits per heavy atom. The Balaban J connectivity index is 1.49. The van der Waals surface area contributed by atoms with Crippen LogP contribution in [-0.4, -0.2) is 25.0 Å². The molecule has 6 rings (SSSR count). The highest BCUT2D eigenvalue weighted by Gasteiger charge is 2.27. The van der Waals surface area contributed by atoms with Crippen LogP contribution in [0.3, 0.4) is 0 Å². The van der Waals surface area contributed by atoms with Gasteiger partial charge in [-0.25, -0.2) is 9.67 Å². The number of aromatic nitrogens is 5. The van der Waals surface area contributed by atoms with E-state index in [9.17, 15) is 16.3 Å². The van der Waals surface area contributed by atoms with Gasteiger partial charge in [0.1, 0.15) is 11.8 Å². The summed E-state index contributed by atoms with van der Waals surface area (Å²) in [5.74, 6) is -0.822. The predicted octanol–water partition coefficient (Wildman–Crippen LogP) is 6.69. The van der Waals surface area contributed by atoms with Crippen molar-refractivity contribution >= 4 is 51.2 Å². The van der Waals surface area contributed by atoms with Gasteiger partial charge in [0.25, 0.3) is 0 Å². The molecule has 0 saturated heterocycles. The average molecular weight is 571 g/mol. The molecule has 1 saturated carbocycles. The number of hydrogen-bond acceptors (Lipinski definition) is 8. The van der Waals surface area contributed by atoms with Crippen molar-refractivity contribution in [3.63, 3.8) is 0 Å². The highest BCUT2D eigenvalue weighted by Crippen LogP contribution is 2.38. The standard InChI is InChI=1S/C28H18Cl2FN9/c29-22-8-18(7-21-25(17(11-33)12-34-27(21)22)37-19-9-23(30)28(31)35-13-19)36-26(16-3-1-2-15(6-16)10-32)24-14-40(39-38-24)20-4-5-20/h1-3,6-9,12-14,20,26,36H,4-5H2,(H,34,37)/t26-/m1/s1/i26D. The van der Waals surface area contributed by atoms with E-state index in [1.807, 2.05) is 0 Å². The Labute approximate surface area is 239 Å². The number of pyridine rings is 2. The van der Waals surface area contributed by atoms with Crippen molar-refractivity contribution in [1.82, 2.24) is 25.0 Å². The minimum absolute atomic E-state index is 0.190. The van der Waals surface area contributed by atoms with Crippen molar-refractivity contribution in [1.29, 1.82) is 10.5 Å². The third-order valence-electron chi connectivity index (χ3n) is 6.35. The molecule has 0 spiro atoms. The van der Waals surface area contributed by atoms with Gasteiger partial charge >= 0.3 is 0 Å². The Bertz CT molecular complexity index is 1910. The summed E-state index contributed by atoms with van der Waals surface area (Å²) < 4.78 is 25.0. The van der Waals surface area contributed by atoms with Gasteiger partial charge in [-0.2, -0.15) is 14.9 Å². The molecule has 3 aromatic heterocycles. The quantitative estimate of drug-likeness (QED) is 0.207. The van der Waals surface area contributed by atoms with Gasteiger partial charge in [0.15, 0.2) is 0 Å². The second-order valence-corrected chi connectivity index (χ2v) is 9.96. The molecule has 40 heavy (non-hydrogen) atoms. The lowest BCUT2D eigenvalue weighted by Crippen LogP contribution is -2.13. The van der Waals surface area contributed by atoms with Gasteiger partial charge in [-0.05, 0) is 48.7 Å². The number of rotatable bonds is 7. The monoisotopic (exact) mass is 570 g/mol. The Hall–Kier alpha value is -4.77. The first-order valence-corrected chi connectivity index (χ1v) is 12.9. The van der Waals surface area contributed by atoms with Crippen LogP contribution in [0.15, 0.2) is 61.1 Å². The SMILES string of the molecule is [2H][C@@](Nc1cc(Cl)c2ncc(C#N)c(Nc3cnc(F)c(Cl)c3)c2c1)(c1cccc(C#N)c1)c1cn(C2CC2)nn1. The number of nitrogens with zero attached hydrogens (tertiary/aromatic N) is 7. The van der Waals surface area contributed by atoms with E-state index in [0.29, 0.717) is 44.8 Å². The highest BCUT2D eigenvalue weighted by molar-refractivity contribution is 6.36. The summed E-state index contributed by atoms with van der Waals surface area (Å²) in [6.45, 7) is 0. The van der Waals surface area contributed by atoms with Crippen molar-refractivity contribution in [2.45, 2.75) is 24.9 Å². The normalized spacial score (nSPS) is 14.6. The van der Waals surface area contributed by atoms with Crippen LogP contribution in [-0.2, 0) is 0 Å². The fourth-order valence-corrected chi connectivity index (χ4v) is 4.70. The van der Waals surface area contributed by atoms with Crippen LogP contribution in [0.25, 0.3) is 10.9 Å². The van der Waals surface area contributed by atoms with Gasteiger partial charge in [0, 0.05) is 17.3 Å². The third kappa shape index (κ3) is 4.98. The molecular formula is C28H18Cl2FN9. The number of halogens is 3. The largest absolute Gasteiger partial charge is 0.373 e. The molecule has 0 aliphatic heterocycles. The number of fused-ring (bicyclic) bond motifs is 1. The van der Waals surface area contributed by atoms with Crippen LogP contribution < -0.4 is 10.6 Å². The fourth-order valence-electron chi connectivity index (χ4n) is 4.27. The van der Waals surface area contributed by atoms with Crippen molar-refractivity contribution in [3.05, 3.63) is 99.4 Å². The van der Waals surface area contributed by atoms with E-state index >= 15 is 0 Å². The molecule has 12 heteroatoms. The summed E-state index contributed by atoms with van der Waals surface area (Å²) in [5, 5.41) is 34.7. The summed E-state index contributed by atoms with van der Waals surface area (Å²) in [6, 6.07) is 14.2. The molecule has 2 aromatic carbocycles. The first-order chi connectivity index (χ1) is 19.8. The molecule has 0 bridgehead atoms. The molecule has 196 valence electrons. The maximum absolute atomic E-state index is 13.7. The van der Waals surface area contributed by atoms with Gasteiger partial charge in [-0.3, -0.25) is 4.98 Å². The summed E-state index contributed by atoms with van der Waals surface area (Å²) in [4.78, 5) is 7.99. The second kappa shape index (κ2) is 10.4. The molecule has 5 aromatic rings. The van der Waals surface area contributed by atoms with E-state index < -0.39 is 12.0 Å². The summed E-state index contributed by atoms with van der Waals surface area (Å²) in [5.41, 5.74) is 2.85. The lowest BCUT2D eigenvalue weighted by molar-refractivity contribution is 0.584. The lowest BCUT2D eigenvalue weighted by Gasteiger charge is -2.20. The molecule has 0 amide bonds. The van der Waals surface area contributed by atoms with Crippen molar-refractivity contribution < 1.29 is 5.76 Å². The van der Waals surface area contributed by atoms with E-state index in [0.717, 1.165) is 12.8 Å². The number of hydrogen-bond donors (Lipinski definition) is 2. The number of nitrogens with one attached hydrogen (secondary N) is 2. The Kier molecular flexibility index (Phi) is 6.33. The third-order valence-corrected chi connectivity index (χ3v) is 6.90. The average Bonchev–Trinajstić information content (AvgIpc) is 3.70.